The van der Waals surface area contributed by atoms with Crippen LogP contribution in [0.25, 0.3) is 0 Å². The van der Waals surface area contributed by atoms with Gasteiger partial charge in [0.2, 0.25) is 0 Å². The molecule has 0 radical (unpaired) electrons. The van der Waals surface area contributed by atoms with Crippen molar-refractivity contribution in [2.45, 2.75) is 4.90 Å². The highest BCUT2D eigenvalue weighted by atomic mass is 32.2. The summed E-state index contributed by atoms with van der Waals surface area (Å²) in [5.74, 6) is -1.68. The number of carbonyl (C=O) groups is 2. The van der Waals surface area contributed by atoms with Crippen molar-refractivity contribution in [3.05, 3.63) is 59.7 Å². The Labute approximate surface area is 147 Å². The third-order valence-corrected chi connectivity index (χ3v) is 4.06. The summed E-state index contributed by atoms with van der Waals surface area (Å²) in [4.78, 5) is 22.0. The maximum Gasteiger partial charge on any atom is 0.337 e. The van der Waals surface area contributed by atoms with Crippen LogP contribution in [0.3, 0.4) is 0 Å². The molecule has 0 saturated heterocycles. The molecule has 25 heavy (non-hydrogen) atoms. The number of methoxy groups -OCH3 is 2. The van der Waals surface area contributed by atoms with Gasteiger partial charge in [-0.3, -0.25) is 4.55 Å². The van der Waals surface area contributed by atoms with Gasteiger partial charge in [0, 0.05) is 0 Å². The molecule has 0 heterocycles. The fourth-order valence-corrected chi connectivity index (χ4v) is 2.45. The second-order valence-corrected chi connectivity index (χ2v) is 6.70. The average molecular weight is 384 g/mol. The van der Waals surface area contributed by atoms with E-state index in [9.17, 15) is 18.0 Å². The van der Waals surface area contributed by atoms with Crippen molar-refractivity contribution in [2.24, 2.45) is 0 Å². The van der Waals surface area contributed by atoms with Crippen LogP contribution in [-0.4, -0.2) is 39.1 Å². The molecule has 0 aromatic heterocycles. The smallest absolute Gasteiger partial charge is 0.337 e. The fraction of sp³-hybridized carbons (Fsp3) is 0.125. The number of hydrogen-bond acceptors (Lipinski definition) is 6. The van der Waals surface area contributed by atoms with Crippen molar-refractivity contribution in [1.29, 1.82) is 0 Å². The minimum Gasteiger partial charge on any atom is -0.465 e. The van der Waals surface area contributed by atoms with Crippen molar-refractivity contribution in [3.8, 4) is 0 Å². The summed E-state index contributed by atoms with van der Waals surface area (Å²) < 4.78 is 39.7. The molecule has 1 atom stereocenters. The molecule has 0 fully saturated rings. The Morgan fingerprint density at radius 2 is 1.36 bits per heavy atom. The van der Waals surface area contributed by atoms with Gasteiger partial charge in [0.25, 0.3) is 10.1 Å². The van der Waals surface area contributed by atoms with Crippen molar-refractivity contribution >= 4 is 36.6 Å². The van der Waals surface area contributed by atoms with Crippen molar-refractivity contribution in [2.75, 3.05) is 14.2 Å². The van der Waals surface area contributed by atoms with E-state index in [-0.39, 0.29) is 11.1 Å². The van der Waals surface area contributed by atoms with Crippen LogP contribution in [0.2, 0.25) is 0 Å². The maximum absolute atomic E-state index is 11.3. The zero-order chi connectivity index (χ0) is 19.0. The minimum absolute atomic E-state index is 0.187. The molecule has 0 aliphatic rings. The number of hydrogen-bond donors (Lipinski definition) is 1. The third-order valence-electron chi connectivity index (χ3n) is 2.85. The molecule has 9 heteroatoms. The Bertz CT molecular complexity index is 814. The highest BCUT2D eigenvalue weighted by Gasteiger charge is 2.19. The van der Waals surface area contributed by atoms with Crippen molar-refractivity contribution in [1.82, 2.24) is 0 Å². The average Bonchev–Trinajstić information content (AvgIpc) is 2.60. The van der Waals surface area contributed by atoms with Crippen molar-refractivity contribution in [3.63, 3.8) is 0 Å². The molecule has 0 aliphatic heterocycles. The first-order valence-electron chi connectivity index (χ1n) is 6.78. The molecule has 1 N–H and O–H groups in total. The molecule has 0 spiro atoms. The van der Waals surface area contributed by atoms with E-state index >= 15 is 0 Å². The summed E-state index contributed by atoms with van der Waals surface area (Å²) in [6.45, 7) is 0. The van der Waals surface area contributed by atoms with Gasteiger partial charge in [-0.1, -0.05) is 30.3 Å². The second-order valence-electron chi connectivity index (χ2n) is 4.61. The molecule has 134 valence electrons. The lowest BCUT2D eigenvalue weighted by Gasteiger charge is -2.05. The monoisotopic (exact) mass is 384 g/mol. The number of carbonyl (C=O) groups excluding carboxylic acids is 2. The first kappa shape index (κ1) is 20.8. The maximum atomic E-state index is 11.3. The number of ether oxygens (including phenoxy) is 2. The van der Waals surface area contributed by atoms with Gasteiger partial charge < -0.3 is 9.47 Å². The molecule has 2 rings (SSSR count). The molecule has 0 saturated carbocycles. The van der Waals surface area contributed by atoms with E-state index in [4.69, 9.17) is 4.55 Å². The van der Waals surface area contributed by atoms with Crippen LogP contribution in [-0.2, 0) is 19.6 Å². The Hall–Kier alpha value is -2.28. The first-order chi connectivity index (χ1) is 11.7. The molecule has 0 aliphatic carbocycles. The predicted molar refractivity (Wildman–Crippen MR) is 94.7 cm³/mol. The normalized spacial score (nSPS) is 10.2. The van der Waals surface area contributed by atoms with E-state index in [1.807, 2.05) is 30.3 Å². The zero-order valence-electron chi connectivity index (χ0n) is 13.5. The van der Waals surface area contributed by atoms with E-state index in [0.717, 1.165) is 32.4 Å². The Balaban J connectivity index is 0.000000370. The van der Waals surface area contributed by atoms with Crippen LogP contribution < -0.4 is 5.30 Å². The fourth-order valence-electron chi connectivity index (χ4n) is 1.67. The Kier molecular flexibility index (Phi) is 7.70. The number of esters is 2. The second kappa shape index (κ2) is 9.27. The summed E-state index contributed by atoms with van der Waals surface area (Å²) in [6, 6.07) is 13.0. The van der Waals surface area contributed by atoms with Crippen LogP contribution in [0, 0.1) is 0 Å². The van der Waals surface area contributed by atoms with Crippen LogP contribution in [0.1, 0.15) is 20.7 Å². The topological polar surface area (TPSA) is 107 Å². The van der Waals surface area contributed by atoms with E-state index in [1.165, 1.54) is 5.30 Å². The lowest BCUT2D eigenvalue weighted by atomic mass is 10.1. The molecule has 0 amide bonds. The van der Waals surface area contributed by atoms with Gasteiger partial charge in [0.1, 0.15) is 0 Å². The molecular weight excluding hydrogens is 367 g/mol. The zero-order valence-corrected chi connectivity index (χ0v) is 15.5. The molecular formula is C16H17O7PS. The summed E-state index contributed by atoms with van der Waals surface area (Å²) in [5, 5.41) is 1.24. The SMILES string of the molecule is COC(=O)c1cc(C(=O)OC)cc(S(=O)(=O)O)c1.Pc1ccccc1. The Morgan fingerprint density at radius 3 is 1.64 bits per heavy atom. The van der Waals surface area contributed by atoms with Crippen molar-refractivity contribution < 1.29 is 32.0 Å². The quantitative estimate of drug-likeness (QED) is 0.487. The lowest BCUT2D eigenvalue weighted by Crippen LogP contribution is -2.09. The van der Waals surface area contributed by atoms with Gasteiger partial charge >= 0.3 is 11.9 Å². The summed E-state index contributed by atoms with van der Waals surface area (Å²) in [7, 11) is 0.277. The predicted octanol–water partition coefficient (Wildman–Crippen LogP) is 1.69. The molecule has 1 unspecified atom stereocenters. The Morgan fingerprint density at radius 1 is 0.920 bits per heavy atom. The number of rotatable bonds is 3. The summed E-state index contributed by atoms with van der Waals surface area (Å²) in [6.07, 6.45) is 0. The number of benzene rings is 2. The van der Waals surface area contributed by atoms with Crippen LogP contribution in [0.4, 0.5) is 0 Å². The van der Waals surface area contributed by atoms with Gasteiger partial charge in [0.15, 0.2) is 0 Å². The van der Waals surface area contributed by atoms with E-state index in [2.05, 4.69) is 18.7 Å². The van der Waals surface area contributed by atoms with Gasteiger partial charge in [-0.05, 0) is 23.5 Å². The minimum atomic E-state index is -4.55. The van der Waals surface area contributed by atoms with Gasteiger partial charge in [-0.25, -0.2) is 9.59 Å². The van der Waals surface area contributed by atoms with E-state index < -0.39 is 27.0 Å². The molecule has 7 nitrogen and oxygen atoms in total. The highest BCUT2D eigenvalue weighted by Crippen LogP contribution is 2.16. The standard InChI is InChI=1S/C10H10O7S.C6H7P/c1-16-9(11)6-3-7(10(12)17-2)5-8(4-6)18(13,14)15;7-6-4-2-1-3-5-6/h3-5H,1-2H3,(H,13,14,15);1-5H,7H2. The largest absolute Gasteiger partial charge is 0.465 e. The van der Waals surface area contributed by atoms with Crippen LogP contribution >= 0.6 is 9.24 Å². The van der Waals surface area contributed by atoms with Crippen LogP contribution in [0.5, 0.6) is 0 Å². The summed E-state index contributed by atoms with van der Waals surface area (Å²) >= 11 is 0. The lowest BCUT2D eigenvalue weighted by molar-refractivity contribution is 0.0598. The summed E-state index contributed by atoms with van der Waals surface area (Å²) in [5.41, 5.74) is -0.374. The van der Waals surface area contributed by atoms with Gasteiger partial charge in [-0.15, -0.1) is 9.24 Å². The first-order valence-corrected chi connectivity index (χ1v) is 8.80. The van der Waals surface area contributed by atoms with Gasteiger partial charge in [0.05, 0.1) is 30.2 Å². The highest BCUT2D eigenvalue weighted by molar-refractivity contribution is 7.85. The van der Waals surface area contributed by atoms with Gasteiger partial charge in [-0.2, -0.15) is 8.42 Å². The van der Waals surface area contributed by atoms with E-state index in [1.54, 1.807) is 0 Å². The third kappa shape index (κ3) is 6.62. The van der Waals surface area contributed by atoms with Crippen LogP contribution in [0.15, 0.2) is 53.4 Å². The van der Waals surface area contributed by atoms with E-state index in [0.29, 0.717) is 0 Å². The molecule has 2 aromatic rings. The molecule has 0 bridgehead atoms. The molecule has 2 aromatic carbocycles.